The van der Waals surface area contributed by atoms with Gasteiger partial charge in [-0.15, -0.1) is 0 Å². The Balaban J connectivity index is 3.50. The summed E-state index contributed by atoms with van der Waals surface area (Å²) in [6.07, 6.45) is 3.57. The molecule has 0 aliphatic heterocycles. The molecular formula is C10H23NO2S. The van der Waals surface area contributed by atoms with Gasteiger partial charge in [0.2, 0.25) is 0 Å². The van der Waals surface area contributed by atoms with E-state index >= 15 is 0 Å². The van der Waals surface area contributed by atoms with E-state index in [9.17, 15) is 8.42 Å². The van der Waals surface area contributed by atoms with Crippen LogP contribution in [-0.2, 0) is 9.84 Å². The summed E-state index contributed by atoms with van der Waals surface area (Å²) in [5.41, 5.74) is 0. The molecule has 0 saturated heterocycles. The lowest BCUT2D eigenvalue weighted by atomic mass is 10.0. The van der Waals surface area contributed by atoms with Crippen molar-refractivity contribution in [3.8, 4) is 0 Å². The zero-order chi connectivity index (χ0) is 11.2. The summed E-state index contributed by atoms with van der Waals surface area (Å²) in [5.74, 6) is 0.952. The Kier molecular flexibility index (Phi) is 6.36. The zero-order valence-corrected chi connectivity index (χ0v) is 10.5. The Morgan fingerprint density at radius 2 is 1.71 bits per heavy atom. The molecule has 1 unspecified atom stereocenters. The molecule has 0 aromatic heterocycles. The Bertz CT molecular complexity index is 235. The van der Waals surface area contributed by atoms with Crippen molar-refractivity contribution in [2.75, 3.05) is 18.6 Å². The SMILES string of the molecule is CC(C)CCC(C)NCCS(C)(=O)=O. The first-order chi connectivity index (χ1) is 6.31. The van der Waals surface area contributed by atoms with Gasteiger partial charge in [-0.25, -0.2) is 8.42 Å². The second-order valence-electron chi connectivity index (χ2n) is 4.46. The molecule has 0 fully saturated rings. The van der Waals surface area contributed by atoms with Crippen molar-refractivity contribution < 1.29 is 8.42 Å². The van der Waals surface area contributed by atoms with E-state index in [2.05, 4.69) is 26.1 Å². The molecule has 1 atom stereocenters. The van der Waals surface area contributed by atoms with Gasteiger partial charge in [0.1, 0.15) is 9.84 Å². The van der Waals surface area contributed by atoms with Gasteiger partial charge >= 0.3 is 0 Å². The van der Waals surface area contributed by atoms with E-state index in [1.165, 1.54) is 12.7 Å². The van der Waals surface area contributed by atoms with Gasteiger partial charge in [-0.1, -0.05) is 13.8 Å². The van der Waals surface area contributed by atoms with Gasteiger partial charge in [0, 0.05) is 18.8 Å². The number of sulfone groups is 1. The summed E-state index contributed by atoms with van der Waals surface area (Å²) in [5, 5.41) is 3.22. The Morgan fingerprint density at radius 1 is 1.14 bits per heavy atom. The van der Waals surface area contributed by atoms with Crippen LogP contribution >= 0.6 is 0 Å². The normalized spacial score (nSPS) is 14.6. The molecule has 0 radical (unpaired) electrons. The van der Waals surface area contributed by atoms with Crippen LogP contribution in [0, 0.1) is 5.92 Å². The third-order valence-corrected chi connectivity index (χ3v) is 3.09. The van der Waals surface area contributed by atoms with E-state index in [4.69, 9.17) is 0 Å². The van der Waals surface area contributed by atoms with E-state index < -0.39 is 9.84 Å². The second-order valence-corrected chi connectivity index (χ2v) is 6.72. The first-order valence-corrected chi connectivity index (χ1v) is 7.28. The van der Waals surface area contributed by atoms with Crippen molar-refractivity contribution in [2.24, 2.45) is 5.92 Å². The van der Waals surface area contributed by atoms with Gasteiger partial charge in [0.25, 0.3) is 0 Å². The lowest BCUT2D eigenvalue weighted by Gasteiger charge is -2.14. The number of rotatable bonds is 7. The molecule has 0 aliphatic rings. The van der Waals surface area contributed by atoms with Crippen LogP contribution in [0.3, 0.4) is 0 Å². The molecular weight excluding hydrogens is 198 g/mol. The molecule has 86 valence electrons. The van der Waals surface area contributed by atoms with Crippen LogP contribution in [0.5, 0.6) is 0 Å². The predicted octanol–water partition coefficient (Wildman–Crippen LogP) is 1.45. The topological polar surface area (TPSA) is 46.2 Å². The zero-order valence-electron chi connectivity index (χ0n) is 9.71. The number of hydrogen-bond acceptors (Lipinski definition) is 3. The molecule has 0 spiro atoms. The van der Waals surface area contributed by atoms with Gasteiger partial charge in [-0.3, -0.25) is 0 Å². The molecule has 0 rings (SSSR count). The molecule has 0 heterocycles. The van der Waals surface area contributed by atoms with Crippen LogP contribution in [0.25, 0.3) is 0 Å². The fourth-order valence-corrected chi connectivity index (χ4v) is 1.66. The average Bonchev–Trinajstić information content (AvgIpc) is 1.98. The minimum absolute atomic E-state index is 0.235. The molecule has 0 saturated carbocycles. The summed E-state index contributed by atoms with van der Waals surface area (Å²) in [4.78, 5) is 0. The molecule has 14 heavy (non-hydrogen) atoms. The molecule has 1 N–H and O–H groups in total. The predicted molar refractivity (Wildman–Crippen MR) is 61.2 cm³/mol. The van der Waals surface area contributed by atoms with Crippen LogP contribution in [-0.4, -0.2) is 33.0 Å². The van der Waals surface area contributed by atoms with Crippen molar-refractivity contribution in [1.29, 1.82) is 0 Å². The van der Waals surface area contributed by atoms with E-state index in [1.54, 1.807) is 0 Å². The maximum absolute atomic E-state index is 10.8. The highest BCUT2D eigenvalue weighted by molar-refractivity contribution is 7.90. The van der Waals surface area contributed by atoms with Gasteiger partial charge < -0.3 is 5.32 Å². The Morgan fingerprint density at radius 3 is 2.14 bits per heavy atom. The summed E-state index contributed by atoms with van der Waals surface area (Å²) in [6, 6.07) is 0.416. The van der Waals surface area contributed by atoms with Crippen molar-refractivity contribution in [3.05, 3.63) is 0 Å². The van der Waals surface area contributed by atoms with Crippen molar-refractivity contribution in [3.63, 3.8) is 0 Å². The first kappa shape index (κ1) is 13.9. The van der Waals surface area contributed by atoms with Crippen LogP contribution in [0.1, 0.15) is 33.6 Å². The van der Waals surface area contributed by atoms with Crippen molar-refractivity contribution in [2.45, 2.75) is 39.7 Å². The van der Waals surface area contributed by atoms with Crippen LogP contribution in [0.4, 0.5) is 0 Å². The monoisotopic (exact) mass is 221 g/mol. The summed E-state index contributed by atoms with van der Waals surface area (Å²) in [6.45, 7) is 7.06. The Hall–Kier alpha value is -0.0900. The Labute approximate surface area is 88.2 Å². The minimum atomic E-state index is -2.81. The summed E-state index contributed by atoms with van der Waals surface area (Å²) < 4.78 is 21.7. The smallest absolute Gasteiger partial charge is 0.148 e. The lowest BCUT2D eigenvalue weighted by Crippen LogP contribution is -2.30. The molecule has 0 aromatic rings. The molecule has 0 aliphatic carbocycles. The highest BCUT2D eigenvalue weighted by Gasteiger charge is 2.05. The number of hydrogen-bond donors (Lipinski definition) is 1. The standard InChI is InChI=1S/C10H23NO2S/c1-9(2)5-6-10(3)11-7-8-14(4,12)13/h9-11H,5-8H2,1-4H3. The fourth-order valence-electron chi connectivity index (χ4n) is 1.18. The fraction of sp³-hybridized carbons (Fsp3) is 1.00. The number of nitrogens with one attached hydrogen (secondary N) is 1. The minimum Gasteiger partial charge on any atom is -0.313 e. The van der Waals surface area contributed by atoms with Gasteiger partial charge in [-0.2, -0.15) is 0 Å². The summed E-state index contributed by atoms with van der Waals surface area (Å²) >= 11 is 0. The van der Waals surface area contributed by atoms with E-state index in [0.29, 0.717) is 18.5 Å². The molecule has 0 aromatic carbocycles. The third-order valence-electron chi connectivity index (χ3n) is 2.14. The third kappa shape index (κ3) is 9.99. The van der Waals surface area contributed by atoms with E-state index in [1.807, 2.05) is 0 Å². The van der Waals surface area contributed by atoms with Crippen molar-refractivity contribution in [1.82, 2.24) is 5.32 Å². The van der Waals surface area contributed by atoms with Gasteiger partial charge in [-0.05, 0) is 25.7 Å². The lowest BCUT2D eigenvalue weighted by molar-refractivity contribution is 0.459. The molecule has 3 nitrogen and oxygen atoms in total. The maximum atomic E-state index is 10.8. The quantitative estimate of drug-likeness (QED) is 0.707. The van der Waals surface area contributed by atoms with Crippen LogP contribution < -0.4 is 5.32 Å². The van der Waals surface area contributed by atoms with Crippen molar-refractivity contribution >= 4 is 9.84 Å². The molecule has 0 bridgehead atoms. The van der Waals surface area contributed by atoms with Crippen LogP contribution in [0.2, 0.25) is 0 Å². The summed E-state index contributed by atoms with van der Waals surface area (Å²) in [7, 11) is -2.81. The van der Waals surface area contributed by atoms with Crippen LogP contribution in [0.15, 0.2) is 0 Å². The highest BCUT2D eigenvalue weighted by Crippen LogP contribution is 2.05. The van der Waals surface area contributed by atoms with Gasteiger partial charge in [0.15, 0.2) is 0 Å². The molecule has 4 heteroatoms. The van der Waals surface area contributed by atoms with Gasteiger partial charge in [0.05, 0.1) is 5.75 Å². The molecule has 0 amide bonds. The average molecular weight is 221 g/mol. The van der Waals surface area contributed by atoms with E-state index in [0.717, 1.165) is 6.42 Å². The highest BCUT2D eigenvalue weighted by atomic mass is 32.2. The second kappa shape index (κ2) is 6.40. The first-order valence-electron chi connectivity index (χ1n) is 5.22. The maximum Gasteiger partial charge on any atom is 0.148 e. The largest absolute Gasteiger partial charge is 0.313 e. The van der Waals surface area contributed by atoms with E-state index in [-0.39, 0.29) is 5.75 Å².